The summed E-state index contributed by atoms with van der Waals surface area (Å²) in [6.07, 6.45) is 6.21. The largest absolute Gasteiger partial charge is 0.381 e. The van der Waals surface area contributed by atoms with Crippen LogP contribution in [0.1, 0.15) is 56.1 Å². The number of fused-ring (bicyclic) bond motifs is 4. The number of sulfonamides is 1. The second-order valence-electron chi connectivity index (χ2n) is 9.17. The molecule has 0 aromatic heterocycles. The Morgan fingerprint density at radius 1 is 0.938 bits per heavy atom. The molecule has 0 radical (unpaired) electrons. The summed E-state index contributed by atoms with van der Waals surface area (Å²) in [6.45, 7) is 1.06. The van der Waals surface area contributed by atoms with Gasteiger partial charge in [-0.25, -0.2) is 16.8 Å². The van der Waals surface area contributed by atoms with Crippen molar-refractivity contribution in [1.29, 1.82) is 0 Å². The first-order valence-corrected chi connectivity index (χ1v) is 14.3. The average molecular weight is 476 g/mol. The van der Waals surface area contributed by atoms with E-state index < -0.39 is 19.9 Å². The molecular formula is C24H29NO5S2. The molecule has 2 aliphatic heterocycles. The molecule has 2 aromatic rings. The fraction of sp³-hybridized carbons (Fsp3) is 0.500. The lowest BCUT2D eigenvalue weighted by Gasteiger charge is -2.43. The Morgan fingerprint density at radius 3 is 2.31 bits per heavy atom. The molecular weight excluding hydrogens is 446 g/mol. The molecule has 2 heterocycles. The van der Waals surface area contributed by atoms with Crippen molar-refractivity contribution in [3.63, 3.8) is 0 Å². The van der Waals surface area contributed by atoms with Gasteiger partial charge in [0.1, 0.15) is 0 Å². The van der Waals surface area contributed by atoms with Crippen molar-refractivity contribution in [1.82, 2.24) is 4.31 Å². The van der Waals surface area contributed by atoms with Gasteiger partial charge in [0.25, 0.3) is 0 Å². The van der Waals surface area contributed by atoms with Gasteiger partial charge in [0.15, 0.2) is 0 Å². The van der Waals surface area contributed by atoms with Crippen molar-refractivity contribution in [2.75, 3.05) is 20.3 Å². The van der Waals surface area contributed by atoms with Gasteiger partial charge in [-0.1, -0.05) is 43.5 Å². The molecule has 172 valence electrons. The Balaban J connectivity index is 1.66. The first-order chi connectivity index (χ1) is 15.3. The van der Waals surface area contributed by atoms with Gasteiger partial charge in [-0.15, -0.1) is 0 Å². The van der Waals surface area contributed by atoms with Gasteiger partial charge in [0.05, 0.1) is 14.7 Å². The van der Waals surface area contributed by atoms with E-state index in [-0.39, 0.29) is 21.2 Å². The smallest absolute Gasteiger partial charge is 0.243 e. The van der Waals surface area contributed by atoms with Crippen LogP contribution < -0.4 is 0 Å². The summed E-state index contributed by atoms with van der Waals surface area (Å²) in [4.78, 5) is 0.514. The zero-order chi connectivity index (χ0) is 22.6. The molecule has 0 atom stereocenters. The summed E-state index contributed by atoms with van der Waals surface area (Å²) < 4.78 is 60.9. The number of rotatable bonds is 3. The third kappa shape index (κ3) is 3.26. The highest BCUT2D eigenvalue weighted by Gasteiger charge is 2.47. The first kappa shape index (κ1) is 22.1. The van der Waals surface area contributed by atoms with Gasteiger partial charge < -0.3 is 4.74 Å². The zero-order valence-corrected chi connectivity index (χ0v) is 19.9. The zero-order valence-electron chi connectivity index (χ0n) is 18.3. The minimum absolute atomic E-state index is 0.0409. The Labute approximate surface area is 190 Å². The molecule has 6 nitrogen and oxygen atoms in total. The highest BCUT2D eigenvalue weighted by molar-refractivity contribution is 7.92. The van der Waals surface area contributed by atoms with E-state index in [1.165, 1.54) is 10.4 Å². The topological polar surface area (TPSA) is 80.8 Å². The summed E-state index contributed by atoms with van der Waals surface area (Å²) in [5.74, 6) is 0. The first-order valence-electron chi connectivity index (χ1n) is 11.3. The molecule has 1 saturated carbocycles. The lowest BCUT2D eigenvalue weighted by atomic mass is 9.65. The maximum Gasteiger partial charge on any atom is 0.243 e. The number of nitrogens with zero attached hydrogens (tertiary/aromatic N) is 1. The maximum absolute atomic E-state index is 13.6. The Kier molecular flexibility index (Phi) is 5.47. The molecule has 1 saturated heterocycles. The number of sulfone groups is 1. The van der Waals surface area contributed by atoms with Crippen LogP contribution in [0, 0.1) is 0 Å². The summed E-state index contributed by atoms with van der Waals surface area (Å²) in [6, 6.07) is 11.9. The molecule has 1 spiro atoms. The maximum atomic E-state index is 13.6. The predicted octanol–water partition coefficient (Wildman–Crippen LogP) is 3.88. The van der Waals surface area contributed by atoms with E-state index in [2.05, 4.69) is 0 Å². The molecule has 2 aromatic carbocycles. The molecule has 0 bridgehead atoms. The van der Waals surface area contributed by atoms with Gasteiger partial charge in [-0.05, 0) is 55.0 Å². The Hall–Kier alpha value is -1.74. The molecule has 0 amide bonds. The molecule has 32 heavy (non-hydrogen) atoms. The van der Waals surface area contributed by atoms with Crippen LogP contribution >= 0.6 is 0 Å². The summed E-state index contributed by atoms with van der Waals surface area (Å²) in [5.41, 5.74) is 1.25. The number of hydrogen-bond donors (Lipinski definition) is 0. The molecule has 1 aliphatic carbocycles. The number of hydrogen-bond acceptors (Lipinski definition) is 5. The van der Waals surface area contributed by atoms with Crippen molar-refractivity contribution in [3.8, 4) is 0 Å². The van der Waals surface area contributed by atoms with Crippen LogP contribution in [0.4, 0.5) is 0 Å². The van der Waals surface area contributed by atoms with E-state index in [1.54, 1.807) is 31.3 Å². The standard InChI is InChI=1S/C24H29NO5S2/c1-25(18-11-15-30-16-12-18)32(28,29)19-9-10-21-23(17-19)31(26,27)22-8-4-3-7-20(22)24(21)13-5-2-6-14-24/h3-4,7-10,17-18H,2,5-6,11-16H2,1H3. The van der Waals surface area contributed by atoms with E-state index >= 15 is 0 Å². The normalized spacial score (nSPS) is 22.4. The van der Waals surface area contributed by atoms with Crippen LogP contribution in [0.15, 0.2) is 57.2 Å². The quantitative estimate of drug-likeness (QED) is 0.673. The molecule has 3 aliphatic rings. The van der Waals surface area contributed by atoms with E-state index in [0.29, 0.717) is 31.0 Å². The highest BCUT2D eigenvalue weighted by Crippen LogP contribution is 2.53. The molecule has 2 fully saturated rings. The van der Waals surface area contributed by atoms with Gasteiger partial charge in [0.2, 0.25) is 19.9 Å². The van der Waals surface area contributed by atoms with Gasteiger partial charge in [-0.2, -0.15) is 4.31 Å². The van der Waals surface area contributed by atoms with Crippen molar-refractivity contribution < 1.29 is 21.6 Å². The molecule has 5 rings (SSSR count). The third-order valence-electron chi connectivity index (χ3n) is 7.54. The van der Waals surface area contributed by atoms with Gasteiger partial charge in [0, 0.05) is 31.7 Å². The Bertz CT molecular complexity index is 1240. The van der Waals surface area contributed by atoms with Crippen LogP contribution in [-0.4, -0.2) is 47.4 Å². The van der Waals surface area contributed by atoms with Crippen molar-refractivity contribution in [2.45, 2.75) is 71.1 Å². The van der Waals surface area contributed by atoms with Crippen LogP contribution in [0.5, 0.6) is 0 Å². The summed E-state index contributed by atoms with van der Waals surface area (Å²) in [5, 5.41) is 0. The van der Waals surface area contributed by atoms with Crippen LogP contribution in [0.2, 0.25) is 0 Å². The van der Waals surface area contributed by atoms with Crippen molar-refractivity contribution in [3.05, 3.63) is 53.6 Å². The lowest BCUT2D eigenvalue weighted by Crippen LogP contribution is -2.41. The summed E-state index contributed by atoms with van der Waals surface area (Å²) in [7, 11) is -6.06. The fourth-order valence-corrected chi connectivity index (χ4v) is 9.15. The second kappa shape index (κ2) is 7.94. The Morgan fingerprint density at radius 2 is 1.59 bits per heavy atom. The average Bonchev–Trinajstić information content (AvgIpc) is 2.83. The van der Waals surface area contributed by atoms with E-state index in [9.17, 15) is 16.8 Å². The van der Waals surface area contributed by atoms with Crippen LogP contribution in [-0.2, 0) is 30.0 Å². The van der Waals surface area contributed by atoms with Gasteiger partial charge >= 0.3 is 0 Å². The van der Waals surface area contributed by atoms with E-state index in [4.69, 9.17) is 4.74 Å². The molecule has 0 unspecified atom stereocenters. The number of ether oxygens (including phenoxy) is 1. The van der Waals surface area contributed by atoms with Crippen molar-refractivity contribution >= 4 is 19.9 Å². The lowest BCUT2D eigenvalue weighted by molar-refractivity contribution is 0.0632. The minimum atomic E-state index is -3.83. The van der Waals surface area contributed by atoms with E-state index in [0.717, 1.165) is 43.2 Å². The fourth-order valence-electron chi connectivity index (χ4n) is 5.75. The molecule has 0 N–H and O–H groups in total. The van der Waals surface area contributed by atoms with Crippen molar-refractivity contribution in [2.24, 2.45) is 0 Å². The van der Waals surface area contributed by atoms with Crippen LogP contribution in [0.3, 0.4) is 0 Å². The SMILES string of the molecule is CN(C1CCOCC1)S(=O)(=O)c1ccc2c(c1)S(=O)(=O)c1ccccc1C21CCCCC1. The van der Waals surface area contributed by atoms with Gasteiger partial charge in [-0.3, -0.25) is 0 Å². The monoisotopic (exact) mass is 475 g/mol. The van der Waals surface area contributed by atoms with Crippen LogP contribution in [0.25, 0.3) is 0 Å². The minimum Gasteiger partial charge on any atom is -0.381 e. The second-order valence-corrected chi connectivity index (χ2v) is 13.0. The third-order valence-corrected chi connectivity index (χ3v) is 11.3. The predicted molar refractivity (Wildman–Crippen MR) is 121 cm³/mol. The van der Waals surface area contributed by atoms with E-state index in [1.807, 2.05) is 12.1 Å². The number of benzene rings is 2. The molecule has 8 heteroatoms. The highest BCUT2D eigenvalue weighted by atomic mass is 32.2. The summed E-state index contributed by atoms with van der Waals surface area (Å²) >= 11 is 0.